The second kappa shape index (κ2) is 7.56. The van der Waals surface area contributed by atoms with E-state index in [9.17, 15) is 8.42 Å². The minimum Gasteiger partial charge on any atom is -0.272 e. The molecule has 0 saturated carbocycles. The molecule has 0 saturated heterocycles. The molecule has 2 aromatic rings. The second-order valence-electron chi connectivity index (χ2n) is 5.43. The summed E-state index contributed by atoms with van der Waals surface area (Å²) in [5.41, 5.74) is 2.27. The van der Waals surface area contributed by atoms with Gasteiger partial charge in [0.2, 0.25) is 10.0 Å². The Labute approximate surface area is 132 Å². The molecular weight excluding hydrogens is 298 g/mol. The van der Waals surface area contributed by atoms with Gasteiger partial charge in [-0.15, -0.1) is 0 Å². The predicted molar refractivity (Wildman–Crippen MR) is 87.2 cm³/mol. The third-order valence-electron chi connectivity index (χ3n) is 3.39. The largest absolute Gasteiger partial charge is 0.272 e. The van der Waals surface area contributed by atoms with Crippen molar-refractivity contribution in [3.63, 3.8) is 0 Å². The molecule has 0 bridgehead atoms. The molecule has 0 aliphatic rings. The number of hydrogen-bond donors (Lipinski definition) is 1. The highest BCUT2D eigenvalue weighted by Crippen LogP contribution is 2.11. The summed E-state index contributed by atoms with van der Waals surface area (Å²) in [6.07, 6.45) is 6.46. The number of aryl methyl sites for hydroxylation is 3. The minimum atomic E-state index is -3.42. The minimum absolute atomic E-state index is 0.322. The summed E-state index contributed by atoms with van der Waals surface area (Å²) in [6.45, 7) is 5.19. The number of sulfonamides is 1. The van der Waals surface area contributed by atoms with Crippen LogP contribution in [0.15, 0.2) is 41.6 Å². The van der Waals surface area contributed by atoms with Crippen molar-refractivity contribution >= 4 is 10.0 Å². The Bertz CT molecular complexity index is 690. The van der Waals surface area contributed by atoms with E-state index in [0.717, 1.165) is 24.0 Å². The van der Waals surface area contributed by atoms with Gasteiger partial charge >= 0.3 is 0 Å². The van der Waals surface area contributed by atoms with E-state index < -0.39 is 10.0 Å². The van der Waals surface area contributed by atoms with Crippen LogP contribution >= 0.6 is 0 Å². The fraction of sp³-hybridized carbons (Fsp3) is 0.438. The summed E-state index contributed by atoms with van der Waals surface area (Å²) < 4.78 is 28.8. The van der Waals surface area contributed by atoms with Crippen molar-refractivity contribution in [1.29, 1.82) is 0 Å². The van der Waals surface area contributed by atoms with Crippen molar-refractivity contribution in [2.24, 2.45) is 0 Å². The van der Waals surface area contributed by atoms with Crippen LogP contribution in [0.3, 0.4) is 0 Å². The zero-order valence-electron chi connectivity index (χ0n) is 13.1. The molecule has 0 amide bonds. The first kappa shape index (κ1) is 16.7. The summed E-state index contributed by atoms with van der Waals surface area (Å²) in [5.74, 6) is 0. The molecule has 1 heterocycles. The van der Waals surface area contributed by atoms with E-state index in [2.05, 4.69) is 16.7 Å². The Hall–Kier alpha value is -1.66. The van der Waals surface area contributed by atoms with Crippen LogP contribution in [0.5, 0.6) is 0 Å². The second-order valence-corrected chi connectivity index (χ2v) is 7.19. The van der Waals surface area contributed by atoms with Crippen molar-refractivity contribution in [3.8, 4) is 0 Å². The molecule has 0 spiro atoms. The van der Waals surface area contributed by atoms with Gasteiger partial charge in [0.1, 0.15) is 0 Å². The molecule has 0 aliphatic carbocycles. The molecule has 1 N–H and O–H groups in total. The van der Waals surface area contributed by atoms with E-state index in [4.69, 9.17) is 0 Å². The molecule has 22 heavy (non-hydrogen) atoms. The summed E-state index contributed by atoms with van der Waals surface area (Å²) in [5, 5.41) is 4.17. The maximum atomic E-state index is 12.2. The smallest absolute Gasteiger partial charge is 0.240 e. The highest BCUT2D eigenvalue weighted by Gasteiger charge is 2.12. The summed E-state index contributed by atoms with van der Waals surface area (Å²) in [4.78, 5) is 0.322. The Morgan fingerprint density at radius 2 is 1.95 bits per heavy atom. The van der Waals surface area contributed by atoms with Gasteiger partial charge < -0.3 is 0 Å². The van der Waals surface area contributed by atoms with Crippen LogP contribution in [0.4, 0.5) is 0 Å². The van der Waals surface area contributed by atoms with E-state index in [-0.39, 0.29) is 0 Å². The highest BCUT2D eigenvalue weighted by molar-refractivity contribution is 7.89. The maximum absolute atomic E-state index is 12.2. The van der Waals surface area contributed by atoms with Crippen molar-refractivity contribution < 1.29 is 8.42 Å². The topological polar surface area (TPSA) is 64.0 Å². The van der Waals surface area contributed by atoms with Gasteiger partial charge in [-0.1, -0.05) is 25.5 Å². The molecule has 0 unspecified atom stereocenters. The van der Waals surface area contributed by atoms with Crippen molar-refractivity contribution in [2.45, 2.75) is 44.6 Å². The Morgan fingerprint density at radius 1 is 1.23 bits per heavy atom. The fourth-order valence-corrected chi connectivity index (χ4v) is 3.32. The van der Waals surface area contributed by atoms with Gasteiger partial charge in [-0.2, -0.15) is 5.10 Å². The number of nitrogens with zero attached hydrogens (tertiary/aromatic N) is 2. The van der Waals surface area contributed by atoms with Crippen molar-refractivity contribution in [2.75, 3.05) is 6.54 Å². The van der Waals surface area contributed by atoms with E-state index in [0.29, 0.717) is 24.4 Å². The molecule has 6 heteroatoms. The predicted octanol–water partition coefficient (Wildman–Crippen LogP) is 2.51. The van der Waals surface area contributed by atoms with E-state index in [1.54, 1.807) is 18.3 Å². The van der Waals surface area contributed by atoms with Gasteiger partial charge in [-0.25, -0.2) is 13.1 Å². The molecule has 0 aliphatic heterocycles. The van der Waals surface area contributed by atoms with Crippen LogP contribution in [0.1, 0.15) is 30.9 Å². The fourth-order valence-electron chi connectivity index (χ4n) is 2.24. The van der Waals surface area contributed by atoms with Gasteiger partial charge in [0.05, 0.1) is 11.1 Å². The molecule has 120 valence electrons. The lowest BCUT2D eigenvalue weighted by Crippen LogP contribution is -2.25. The van der Waals surface area contributed by atoms with Crippen LogP contribution < -0.4 is 4.72 Å². The number of rotatable bonds is 8. The van der Waals surface area contributed by atoms with Gasteiger partial charge in [0.15, 0.2) is 0 Å². The van der Waals surface area contributed by atoms with Crippen molar-refractivity contribution in [3.05, 3.63) is 47.8 Å². The number of nitrogens with one attached hydrogen (secondary N) is 1. The van der Waals surface area contributed by atoms with E-state index in [1.807, 2.05) is 29.9 Å². The normalized spacial score (nSPS) is 11.7. The van der Waals surface area contributed by atoms with Gasteiger partial charge in [-0.05, 0) is 43.0 Å². The molecule has 5 nitrogen and oxygen atoms in total. The molecule has 0 fully saturated rings. The Kier molecular flexibility index (Phi) is 5.74. The molecule has 1 aromatic heterocycles. The Morgan fingerprint density at radius 3 is 2.55 bits per heavy atom. The first-order valence-corrected chi connectivity index (χ1v) is 9.07. The average Bonchev–Trinajstić information content (AvgIpc) is 2.90. The third kappa shape index (κ3) is 4.68. The quantitative estimate of drug-likeness (QED) is 0.760. The van der Waals surface area contributed by atoms with E-state index in [1.165, 1.54) is 0 Å². The van der Waals surface area contributed by atoms with E-state index >= 15 is 0 Å². The first-order valence-electron chi connectivity index (χ1n) is 7.59. The van der Waals surface area contributed by atoms with Gasteiger partial charge in [-0.3, -0.25) is 4.68 Å². The molecule has 0 radical (unpaired) electrons. The van der Waals surface area contributed by atoms with Crippen LogP contribution in [-0.4, -0.2) is 24.7 Å². The molecule has 1 aromatic carbocycles. The third-order valence-corrected chi connectivity index (χ3v) is 4.87. The number of benzene rings is 1. The SMILES string of the molecule is CCCc1ccc(S(=O)(=O)NCCCn2cc(C)cn2)cc1. The average molecular weight is 321 g/mol. The zero-order chi connectivity index (χ0) is 16.0. The lowest BCUT2D eigenvalue weighted by molar-refractivity contribution is 0.553. The number of hydrogen-bond acceptors (Lipinski definition) is 3. The van der Waals surface area contributed by atoms with Crippen LogP contribution in [0, 0.1) is 6.92 Å². The highest BCUT2D eigenvalue weighted by atomic mass is 32.2. The first-order chi connectivity index (χ1) is 10.5. The zero-order valence-corrected chi connectivity index (χ0v) is 13.9. The number of aromatic nitrogens is 2. The van der Waals surface area contributed by atoms with Gasteiger partial charge in [0.25, 0.3) is 0 Å². The van der Waals surface area contributed by atoms with Gasteiger partial charge in [0, 0.05) is 19.3 Å². The molecular formula is C16H23N3O2S. The monoisotopic (exact) mass is 321 g/mol. The van der Waals surface area contributed by atoms with Crippen LogP contribution in [0.2, 0.25) is 0 Å². The molecule has 0 atom stereocenters. The summed E-state index contributed by atoms with van der Waals surface area (Å²) >= 11 is 0. The summed E-state index contributed by atoms with van der Waals surface area (Å²) in [7, 11) is -3.42. The maximum Gasteiger partial charge on any atom is 0.240 e. The van der Waals surface area contributed by atoms with Crippen LogP contribution in [0.25, 0.3) is 0 Å². The van der Waals surface area contributed by atoms with Crippen LogP contribution in [-0.2, 0) is 23.0 Å². The Balaban J connectivity index is 1.85. The lowest BCUT2D eigenvalue weighted by atomic mass is 10.1. The lowest BCUT2D eigenvalue weighted by Gasteiger charge is -2.08. The van der Waals surface area contributed by atoms with Crippen molar-refractivity contribution in [1.82, 2.24) is 14.5 Å². The standard InChI is InChI=1S/C16H23N3O2S/c1-3-5-15-6-8-16(9-7-15)22(20,21)18-10-4-11-19-13-14(2)12-17-19/h6-9,12-13,18H,3-5,10-11H2,1-2H3. The molecule has 2 rings (SSSR count). The summed E-state index contributed by atoms with van der Waals surface area (Å²) in [6, 6.07) is 7.10.